The van der Waals surface area contributed by atoms with Gasteiger partial charge in [-0.25, -0.2) is 0 Å². The zero-order valence-electron chi connectivity index (χ0n) is 31.3. The largest absolute Gasteiger partial charge is 0.481 e. The smallest absolute Gasteiger partial charge is 0.306 e. The van der Waals surface area contributed by atoms with Crippen LogP contribution in [0, 0.1) is 17.8 Å². The third kappa shape index (κ3) is 15.7. The molecule has 10 nitrogen and oxygen atoms in total. The maximum Gasteiger partial charge on any atom is 0.306 e. The van der Waals surface area contributed by atoms with Crippen molar-refractivity contribution in [2.75, 3.05) is 40.8 Å². The van der Waals surface area contributed by atoms with E-state index in [2.05, 4.69) is 57.2 Å². The average Bonchev–Trinajstić information content (AvgIpc) is 3.11. The molecule has 0 aromatic heterocycles. The van der Waals surface area contributed by atoms with Crippen molar-refractivity contribution in [1.29, 1.82) is 0 Å². The summed E-state index contributed by atoms with van der Waals surface area (Å²) in [6.45, 7) is 4.18. The Kier molecular flexibility index (Phi) is 19.1. The zero-order chi connectivity index (χ0) is 37.7. The van der Waals surface area contributed by atoms with Gasteiger partial charge in [-0.2, -0.15) is 0 Å². The molecule has 0 aliphatic rings. The first-order chi connectivity index (χ1) is 25.1. The molecule has 3 atom stereocenters. The number of rotatable bonds is 27. The minimum atomic E-state index is -0.776. The molecule has 0 radical (unpaired) electrons. The summed E-state index contributed by atoms with van der Waals surface area (Å²) in [6, 6.07) is 24.5. The number of nitrogens with zero attached hydrogens (tertiary/aromatic N) is 1. The quantitative estimate of drug-likeness (QED) is 0.0549. The van der Waals surface area contributed by atoms with E-state index in [4.69, 9.17) is 0 Å². The van der Waals surface area contributed by atoms with Crippen LogP contribution in [0.3, 0.4) is 0 Å². The van der Waals surface area contributed by atoms with Gasteiger partial charge in [-0.15, -0.1) is 0 Å². The predicted molar refractivity (Wildman–Crippen MR) is 206 cm³/mol. The van der Waals surface area contributed by atoms with E-state index < -0.39 is 35.7 Å². The minimum Gasteiger partial charge on any atom is -0.481 e. The van der Waals surface area contributed by atoms with Crippen LogP contribution in [0.15, 0.2) is 72.8 Å². The second-order valence-electron chi connectivity index (χ2n) is 14.1. The summed E-state index contributed by atoms with van der Waals surface area (Å²) in [5.41, 5.74) is 6.22. The van der Waals surface area contributed by atoms with E-state index in [1.165, 1.54) is 0 Å². The topological polar surface area (TPSA) is 151 Å². The van der Waals surface area contributed by atoms with E-state index in [1.807, 2.05) is 57.5 Å². The Hall–Kier alpha value is -4.09. The lowest BCUT2D eigenvalue weighted by molar-refractivity contribution is -0.142. The summed E-state index contributed by atoms with van der Waals surface area (Å²) in [5, 5.41) is 39.0. The Morgan fingerprint density at radius 1 is 0.500 bits per heavy atom. The van der Waals surface area contributed by atoms with Crippen molar-refractivity contribution < 1.29 is 29.7 Å². The maximum atomic E-state index is 12.1. The first-order valence-corrected chi connectivity index (χ1v) is 18.7. The number of hydrogen-bond donors (Lipinski definition) is 6. The van der Waals surface area contributed by atoms with Gasteiger partial charge in [-0.3, -0.25) is 19.3 Å². The highest BCUT2D eigenvalue weighted by atomic mass is 16.4. The van der Waals surface area contributed by atoms with Crippen molar-refractivity contribution >= 4 is 17.9 Å². The van der Waals surface area contributed by atoms with Gasteiger partial charge in [0.15, 0.2) is 0 Å². The van der Waals surface area contributed by atoms with E-state index in [1.54, 1.807) is 0 Å². The molecule has 0 bridgehead atoms. The Morgan fingerprint density at radius 2 is 0.769 bits per heavy atom. The van der Waals surface area contributed by atoms with Crippen molar-refractivity contribution in [3.63, 3.8) is 0 Å². The van der Waals surface area contributed by atoms with Crippen LogP contribution in [-0.2, 0) is 53.3 Å². The fraction of sp³-hybridized carbons (Fsp3) is 0.500. The molecule has 0 spiro atoms. The SMILES string of the molecule is CNCCCC(Cc1cccc(CN(Cc2cccc(CC(CCCNC)C(=O)O)c2)Cc2cccc(CC(CCCNC)C(=O)O)c2)c1)C(=O)O. The Morgan fingerprint density at radius 3 is 1.02 bits per heavy atom. The molecule has 0 amide bonds. The van der Waals surface area contributed by atoms with Gasteiger partial charge < -0.3 is 31.3 Å². The molecule has 284 valence electrons. The maximum absolute atomic E-state index is 12.1. The Balaban J connectivity index is 1.86. The number of aliphatic carboxylic acids is 3. The van der Waals surface area contributed by atoms with Crippen LogP contribution in [0.2, 0.25) is 0 Å². The highest BCUT2D eigenvalue weighted by Crippen LogP contribution is 2.22. The van der Waals surface area contributed by atoms with Crippen molar-refractivity contribution in [1.82, 2.24) is 20.9 Å². The van der Waals surface area contributed by atoms with Gasteiger partial charge in [0.25, 0.3) is 0 Å². The molecule has 0 saturated carbocycles. The number of carboxylic acids is 3. The number of benzene rings is 3. The summed E-state index contributed by atoms with van der Waals surface area (Å²) in [5.74, 6) is -3.69. The first-order valence-electron chi connectivity index (χ1n) is 18.7. The standard InChI is InChI=1S/C42H60N4O6/c1-43-19-7-16-37(40(47)48)25-31-10-4-13-34(22-31)28-46(29-35-14-5-11-32(23-35)26-38(41(49)50)17-8-20-44-2)30-36-15-6-12-33(24-36)27-39(42(51)52)18-9-21-45-3/h4-6,10-15,22-24,37-39,43-45H,7-9,16-21,25-30H2,1-3H3,(H,47,48)(H,49,50)(H,51,52). The molecule has 0 aliphatic heterocycles. The van der Waals surface area contributed by atoms with E-state index >= 15 is 0 Å². The van der Waals surface area contributed by atoms with E-state index in [0.29, 0.717) is 58.2 Å². The molecule has 0 fully saturated rings. The normalized spacial score (nSPS) is 13.2. The van der Waals surface area contributed by atoms with Gasteiger partial charge in [0.05, 0.1) is 17.8 Å². The number of hydrogen-bond acceptors (Lipinski definition) is 7. The molecule has 3 aromatic rings. The van der Waals surface area contributed by atoms with Crippen molar-refractivity contribution in [2.24, 2.45) is 17.8 Å². The molecular weight excluding hydrogens is 656 g/mol. The Bertz CT molecular complexity index is 1350. The average molecular weight is 717 g/mol. The minimum absolute atomic E-state index is 0.453. The van der Waals surface area contributed by atoms with Gasteiger partial charge in [0.1, 0.15) is 0 Å². The lowest BCUT2D eigenvalue weighted by atomic mass is 9.93. The second kappa shape index (κ2) is 23.5. The molecule has 3 aromatic carbocycles. The van der Waals surface area contributed by atoms with Crippen molar-refractivity contribution in [2.45, 2.75) is 77.4 Å². The summed E-state index contributed by atoms with van der Waals surface area (Å²) >= 11 is 0. The summed E-state index contributed by atoms with van der Waals surface area (Å²) in [4.78, 5) is 38.5. The zero-order valence-corrected chi connectivity index (χ0v) is 31.3. The molecule has 6 N–H and O–H groups in total. The lowest BCUT2D eigenvalue weighted by Crippen LogP contribution is -2.23. The van der Waals surface area contributed by atoms with Crippen LogP contribution < -0.4 is 16.0 Å². The molecule has 3 rings (SSSR count). The van der Waals surface area contributed by atoms with E-state index in [9.17, 15) is 29.7 Å². The van der Waals surface area contributed by atoms with Crippen molar-refractivity contribution in [3.8, 4) is 0 Å². The second-order valence-corrected chi connectivity index (χ2v) is 14.1. The van der Waals surface area contributed by atoms with Gasteiger partial charge in [0.2, 0.25) is 0 Å². The Labute approximate surface area is 310 Å². The van der Waals surface area contributed by atoms with Gasteiger partial charge in [-0.1, -0.05) is 72.8 Å². The van der Waals surface area contributed by atoms with Crippen LogP contribution in [0.25, 0.3) is 0 Å². The fourth-order valence-electron chi connectivity index (χ4n) is 6.88. The summed E-state index contributed by atoms with van der Waals surface area (Å²) in [6.07, 6.45) is 5.61. The summed E-state index contributed by atoms with van der Waals surface area (Å²) < 4.78 is 0. The number of carbonyl (C=O) groups is 3. The fourth-order valence-corrected chi connectivity index (χ4v) is 6.88. The van der Waals surface area contributed by atoms with Crippen LogP contribution >= 0.6 is 0 Å². The molecule has 52 heavy (non-hydrogen) atoms. The number of carboxylic acid groups (broad SMARTS) is 3. The third-order valence-electron chi connectivity index (χ3n) is 9.62. The third-order valence-corrected chi connectivity index (χ3v) is 9.62. The van der Waals surface area contributed by atoms with Crippen LogP contribution in [0.4, 0.5) is 0 Å². The van der Waals surface area contributed by atoms with Gasteiger partial charge in [-0.05, 0) is 132 Å². The van der Waals surface area contributed by atoms with Crippen LogP contribution in [0.1, 0.15) is 71.9 Å². The first kappa shape index (κ1) is 42.3. The molecule has 0 aliphatic carbocycles. The van der Waals surface area contributed by atoms with E-state index in [0.717, 1.165) is 72.3 Å². The predicted octanol–water partition coefficient (Wildman–Crippen LogP) is 5.62. The molecule has 10 heteroatoms. The highest BCUT2D eigenvalue weighted by molar-refractivity contribution is 5.71. The van der Waals surface area contributed by atoms with Gasteiger partial charge in [0, 0.05) is 19.6 Å². The molecule has 3 unspecified atom stereocenters. The molecular formula is C42H60N4O6. The highest BCUT2D eigenvalue weighted by Gasteiger charge is 2.21. The molecule has 0 heterocycles. The summed E-state index contributed by atoms with van der Waals surface area (Å²) in [7, 11) is 5.61. The van der Waals surface area contributed by atoms with Gasteiger partial charge >= 0.3 is 17.9 Å². The van der Waals surface area contributed by atoms with Crippen LogP contribution in [-0.4, -0.2) is 78.9 Å². The number of nitrogens with one attached hydrogen (secondary N) is 3. The van der Waals surface area contributed by atoms with E-state index in [-0.39, 0.29) is 0 Å². The van der Waals surface area contributed by atoms with Crippen LogP contribution in [0.5, 0.6) is 0 Å². The lowest BCUT2D eigenvalue weighted by Gasteiger charge is -2.24. The monoisotopic (exact) mass is 716 g/mol. The van der Waals surface area contributed by atoms with Crippen molar-refractivity contribution in [3.05, 3.63) is 106 Å². The molecule has 0 saturated heterocycles.